The first kappa shape index (κ1) is 18.1. The Morgan fingerprint density at radius 3 is 1.80 bits per heavy atom. The van der Waals surface area contributed by atoms with Gasteiger partial charge in [0.25, 0.3) is 0 Å². The Labute approximate surface area is 142 Å². The lowest BCUT2D eigenvalue weighted by Gasteiger charge is -2.09. The Hall–Kier alpha value is -3.29. The number of hydrogen-bond donors (Lipinski definition) is 3. The maximum Gasteiger partial charge on any atom is 0.233 e. The second-order valence-corrected chi connectivity index (χ2v) is 5.13. The number of carbonyl (C=O) groups excluding carboxylic acids is 3. The van der Waals surface area contributed by atoms with Gasteiger partial charge in [-0.2, -0.15) is 0 Å². The number of anilines is 3. The summed E-state index contributed by atoms with van der Waals surface area (Å²) in [6, 6.07) is 9.38. The molecular weight excluding hydrogens is 332 g/mol. The third-order valence-electron chi connectivity index (χ3n) is 3.04. The average Bonchev–Trinajstić information content (AvgIpc) is 2.52. The Balaban J connectivity index is 1.91. The van der Waals surface area contributed by atoms with E-state index in [0.29, 0.717) is 11.4 Å². The molecular formula is C17H15F2N3O3. The van der Waals surface area contributed by atoms with Gasteiger partial charge in [0.05, 0.1) is 0 Å². The lowest BCUT2D eigenvalue weighted by molar-refractivity contribution is -0.123. The van der Waals surface area contributed by atoms with Crippen LogP contribution in [0.5, 0.6) is 0 Å². The second-order valence-electron chi connectivity index (χ2n) is 5.13. The summed E-state index contributed by atoms with van der Waals surface area (Å²) in [5, 5.41) is 7.07. The topological polar surface area (TPSA) is 87.3 Å². The van der Waals surface area contributed by atoms with E-state index in [1.54, 1.807) is 12.1 Å². The Morgan fingerprint density at radius 2 is 1.28 bits per heavy atom. The zero-order chi connectivity index (χ0) is 18.4. The molecule has 0 fully saturated rings. The third-order valence-corrected chi connectivity index (χ3v) is 3.04. The van der Waals surface area contributed by atoms with E-state index < -0.39 is 35.6 Å². The summed E-state index contributed by atoms with van der Waals surface area (Å²) in [6.45, 7) is 1.37. The van der Waals surface area contributed by atoms with Crippen LogP contribution in [0, 0.1) is 11.6 Å². The molecule has 0 saturated carbocycles. The van der Waals surface area contributed by atoms with Crippen LogP contribution in [-0.2, 0) is 14.4 Å². The highest BCUT2D eigenvalue weighted by molar-refractivity contribution is 6.08. The van der Waals surface area contributed by atoms with Crippen molar-refractivity contribution in [2.24, 2.45) is 0 Å². The molecule has 0 aromatic heterocycles. The molecule has 0 spiro atoms. The lowest BCUT2D eigenvalue weighted by atomic mass is 10.2. The molecule has 0 atom stereocenters. The van der Waals surface area contributed by atoms with E-state index in [4.69, 9.17) is 0 Å². The number of hydrogen-bond acceptors (Lipinski definition) is 3. The van der Waals surface area contributed by atoms with Crippen LogP contribution < -0.4 is 16.0 Å². The minimum atomic E-state index is -0.928. The molecule has 2 aromatic rings. The maximum atomic E-state index is 13.4. The third kappa shape index (κ3) is 5.38. The summed E-state index contributed by atoms with van der Waals surface area (Å²) in [7, 11) is 0. The Bertz CT molecular complexity index is 787. The standard InChI is InChI=1S/C17H15F2N3O3/c1-10(23)20-11-5-7-12(8-6-11)21-15(24)9-16(25)22-17-13(18)3-2-4-14(17)19/h2-8H,9H2,1H3,(H,20,23)(H,21,24)(H,22,25). The van der Waals surface area contributed by atoms with Crippen molar-refractivity contribution < 1.29 is 23.2 Å². The molecule has 25 heavy (non-hydrogen) atoms. The highest BCUT2D eigenvalue weighted by atomic mass is 19.1. The van der Waals surface area contributed by atoms with Crippen molar-refractivity contribution in [2.75, 3.05) is 16.0 Å². The van der Waals surface area contributed by atoms with Gasteiger partial charge in [0.2, 0.25) is 17.7 Å². The normalized spacial score (nSPS) is 10.0. The van der Waals surface area contributed by atoms with E-state index in [2.05, 4.69) is 10.6 Å². The van der Waals surface area contributed by atoms with Crippen molar-refractivity contribution in [3.8, 4) is 0 Å². The van der Waals surface area contributed by atoms with Gasteiger partial charge in [-0.05, 0) is 36.4 Å². The van der Waals surface area contributed by atoms with Gasteiger partial charge < -0.3 is 16.0 Å². The lowest BCUT2D eigenvalue weighted by Crippen LogP contribution is -2.22. The highest BCUT2D eigenvalue weighted by Gasteiger charge is 2.15. The van der Waals surface area contributed by atoms with Crippen molar-refractivity contribution >= 4 is 34.8 Å². The van der Waals surface area contributed by atoms with Crippen LogP contribution in [0.25, 0.3) is 0 Å². The minimum absolute atomic E-state index is 0.228. The zero-order valence-electron chi connectivity index (χ0n) is 13.2. The van der Waals surface area contributed by atoms with Gasteiger partial charge in [-0.25, -0.2) is 8.78 Å². The van der Waals surface area contributed by atoms with Crippen LogP contribution in [0.15, 0.2) is 42.5 Å². The van der Waals surface area contributed by atoms with E-state index >= 15 is 0 Å². The largest absolute Gasteiger partial charge is 0.326 e. The molecule has 130 valence electrons. The van der Waals surface area contributed by atoms with Crippen LogP contribution in [0.3, 0.4) is 0 Å². The number of carbonyl (C=O) groups is 3. The molecule has 0 radical (unpaired) electrons. The highest BCUT2D eigenvalue weighted by Crippen LogP contribution is 2.18. The zero-order valence-corrected chi connectivity index (χ0v) is 13.2. The quantitative estimate of drug-likeness (QED) is 0.727. The molecule has 6 nitrogen and oxygen atoms in total. The number of rotatable bonds is 5. The SMILES string of the molecule is CC(=O)Nc1ccc(NC(=O)CC(=O)Nc2c(F)cccc2F)cc1. The van der Waals surface area contributed by atoms with Gasteiger partial charge in [-0.3, -0.25) is 14.4 Å². The minimum Gasteiger partial charge on any atom is -0.326 e. The van der Waals surface area contributed by atoms with Gasteiger partial charge >= 0.3 is 0 Å². The summed E-state index contributed by atoms with van der Waals surface area (Å²) in [5.74, 6) is -3.59. The molecule has 8 heteroatoms. The first-order valence-corrected chi connectivity index (χ1v) is 7.26. The second kappa shape index (κ2) is 8.00. The van der Waals surface area contributed by atoms with E-state index in [9.17, 15) is 23.2 Å². The number of nitrogens with one attached hydrogen (secondary N) is 3. The van der Waals surface area contributed by atoms with Crippen molar-refractivity contribution in [3.63, 3.8) is 0 Å². The average molecular weight is 347 g/mol. The summed E-state index contributed by atoms with van der Waals surface area (Å²) in [5.41, 5.74) is 0.363. The number of para-hydroxylation sites is 1. The predicted octanol–water partition coefficient (Wildman–Crippen LogP) is 2.89. The van der Waals surface area contributed by atoms with Crippen LogP contribution >= 0.6 is 0 Å². The predicted molar refractivity (Wildman–Crippen MR) is 89.0 cm³/mol. The van der Waals surface area contributed by atoms with E-state index in [1.165, 1.54) is 19.1 Å². The molecule has 0 aliphatic rings. The van der Waals surface area contributed by atoms with Gasteiger partial charge in [-0.1, -0.05) is 6.07 Å². The van der Waals surface area contributed by atoms with E-state index in [1.807, 2.05) is 5.32 Å². The van der Waals surface area contributed by atoms with Gasteiger partial charge in [0.15, 0.2) is 0 Å². The molecule has 2 aromatic carbocycles. The van der Waals surface area contributed by atoms with Crippen LogP contribution in [0.1, 0.15) is 13.3 Å². The number of amides is 3. The van der Waals surface area contributed by atoms with Crippen molar-refractivity contribution in [3.05, 3.63) is 54.1 Å². The fourth-order valence-electron chi connectivity index (χ4n) is 1.99. The number of benzene rings is 2. The fraction of sp³-hybridized carbons (Fsp3) is 0.118. The summed E-state index contributed by atoms with van der Waals surface area (Å²) in [6.07, 6.45) is -0.610. The van der Waals surface area contributed by atoms with Gasteiger partial charge in [0, 0.05) is 18.3 Å². The fourth-order valence-corrected chi connectivity index (χ4v) is 1.99. The smallest absolute Gasteiger partial charge is 0.233 e. The van der Waals surface area contributed by atoms with E-state index in [-0.39, 0.29) is 5.91 Å². The van der Waals surface area contributed by atoms with Crippen LogP contribution in [-0.4, -0.2) is 17.7 Å². The Kier molecular flexibility index (Phi) is 5.78. The first-order valence-electron chi connectivity index (χ1n) is 7.26. The van der Waals surface area contributed by atoms with Crippen molar-refractivity contribution in [1.82, 2.24) is 0 Å². The van der Waals surface area contributed by atoms with Gasteiger partial charge in [0.1, 0.15) is 23.7 Å². The molecule has 0 aliphatic carbocycles. The molecule has 3 amide bonds. The van der Waals surface area contributed by atoms with Crippen LogP contribution in [0.4, 0.5) is 25.8 Å². The molecule has 3 N–H and O–H groups in total. The van der Waals surface area contributed by atoms with Crippen molar-refractivity contribution in [1.29, 1.82) is 0 Å². The summed E-state index contributed by atoms with van der Waals surface area (Å²) in [4.78, 5) is 34.5. The summed E-state index contributed by atoms with van der Waals surface area (Å²) < 4.78 is 26.9. The number of halogens is 2. The molecule has 0 unspecified atom stereocenters. The molecule has 2 rings (SSSR count). The molecule has 0 bridgehead atoms. The Morgan fingerprint density at radius 1 is 0.800 bits per heavy atom. The molecule has 0 heterocycles. The van der Waals surface area contributed by atoms with E-state index in [0.717, 1.165) is 18.2 Å². The molecule has 0 saturated heterocycles. The monoisotopic (exact) mass is 347 g/mol. The summed E-state index contributed by atoms with van der Waals surface area (Å²) >= 11 is 0. The van der Waals surface area contributed by atoms with Crippen LogP contribution in [0.2, 0.25) is 0 Å². The maximum absolute atomic E-state index is 13.4. The first-order chi connectivity index (χ1) is 11.8. The molecule has 0 aliphatic heterocycles. The van der Waals surface area contributed by atoms with Gasteiger partial charge in [-0.15, -0.1) is 0 Å². The van der Waals surface area contributed by atoms with Crippen molar-refractivity contribution in [2.45, 2.75) is 13.3 Å².